The van der Waals surface area contributed by atoms with Gasteiger partial charge in [-0.05, 0) is 49.2 Å². The topological polar surface area (TPSA) is 50.4 Å². The Morgan fingerprint density at radius 1 is 1.00 bits per heavy atom. The summed E-state index contributed by atoms with van der Waals surface area (Å²) in [6.07, 6.45) is 1.78. The van der Waals surface area contributed by atoms with E-state index in [1.165, 1.54) is 22.5 Å². The number of halogens is 1. The van der Waals surface area contributed by atoms with E-state index >= 15 is 0 Å². The van der Waals surface area contributed by atoms with Crippen molar-refractivity contribution in [3.8, 4) is 11.1 Å². The first-order valence-corrected chi connectivity index (χ1v) is 11.9. The van der Waals surface area contributed by atoms with Crippen LogP contribution in [0.4, 0.5) is 10.7 Å². The van der Waals surface area contributed by atoms with Gasteiger partial charge in [0.1, 0.15) is 10.6 Å². The molecule has 0 amide bonds. The highest BCUT2D eigenvalue weighted by Crippen LogP contribution is 2.39. The molecule has 2 N–H and O–H groups in total. The number of hydrogen-bond donors (Lipinski definition) is 2. The molecular formula is C24H25ClN2O2S2. The molecule has 31 heavy (non-hydrogen) atoms. The average Bonchev–Trinajstić information content (AvgIpc) is 3.17. The first kappa shape index (κ1) is 23.3. The van der Waals surface area contributed by atoms with Gasteiger partial charge in [-0.1, -0.05) is 61.8 Å². The third-order valence-electron chi connectivity index (χ3n) is 4.90. The maximum atomic E-state index is 12.8. The van der Waals surface area contributed by atoms with Gasteiger partial charge in [0.25, 0.3) is 0 Å². The van der Waals surface area contributed by atoms with E-state index in [1.54, 1.807) is 13.0 Å². The van der Waals surface area contributed by atoms with E-state index in [0.29, 0.717) is 20.7 Å². The Hall–Kier alpha value is -2.41. The Bertz CT molecular complexity index is 1070. The Morgan fingerprint density at radius 2 is 1.68 bits per heavy atom. The van der Waals surface area contributed by atoms with E-state index < -0.39 is 5.97 Å². The lowest BCUT2D eigenvalue weighted by Gasteiger charge is -2.17. The second-order valence-corrected chi connectivity index (χ2v) is 8.49. The number of thiophene rings is 1. The summed E-state index contributed by atoms with van der Waals surface area (Å²) in [5.41, 5.74) is 5.34. The minimum Gasteiger partial charge on any atom is -0.462 e. The Labute approximate surface area is 197 Å². The van der Waals surface area contributed by atoms with Gasteiger partial charge < -0.3 is 15.4 Å². The van der Waals surface area contributed by atoms with Gasteiger partial charge in [0.15, 0.2) is 5.11 Å². The normalized spacial score (nSPS) is 10.6. The minimum atomic E-state index is -0.410. The Balaban J connectivity index is 1.94. The zero-order valence-electron chi connectivity index (χ0n) is 17.8. The lowest BCUT2D eigenvalue weighted by atomic mass is 10.0. The fourth-order valence-electron chi connectivity index (χ4n) is 3.38. The van der Waals surface area contributed by atoms with Crippen LogP contribution in [0.25, 0.3) is 11.1 Å². The maximum Gasteiger partial charge on any atom is 0.341 e. The molecule has 0 saturated heterocycles. The fraction of sp³-hybridized carbons (Fsp3) is 0.250. The van der Waals surface area contributed by atoms with Gasteiger partial charge in [-0.3, -0.25) is 0 Å². The van der Waals surface area contributed by atoms with Gasteiger partial charge in [0, 0.05) is 27.2 Å². The molecule has 0 aliphatic heterocycles. The van der Waals surface area contributed by atoms with Gasteiger partial charge in [-0.15, -0.1) is 11.3 Å². The SMILES string of the molecule is CCOC(=O)c1c(-c2ccccc2Cl)csc1NC(=S)Nc1c(CC)cccc1CC. The maximum absolute atomic E-state index is 12.8. The number of para-hydroxylation sites is 1. The minimum absolute atomic E-state index is 0.280. The molecule has 3 aromatic rings. The van der Waals surface area contributed by atoms with Crippen molar-refractivity contribution in [3.05, 3.63) is 69.6 Å². The lowest BCUT2D eigenvalue weighted by molar-refractivity contribution is 0.0529. The van der Waals surface area contributed by atoms with Crippen LogP contribution in [0, 0.1) is 0 Å². The van der Waals surface area contributed by atoms with Gasteiger partial charge in [0.2, 0.25) is 0 Å². The van der Waals surface area contributed by atoms with Gasteiger partial charge in [-0.25, -0.2) is 4.79 Å². The summed E-state index contributed by atoms with van der Waals surface area (Å²) < 4.78 is 5.32. The van der Waals surface area contributed by atoms with Gasteiger partial charge in [-0.2, -0.15) is 0 Å². The fourth-order valence-corrected chi connectivity index (χ4v) is 4.84. The molecule has 0 spiro atoms. The first-order chi connectivity index (χ1) is 15.0. The number of thiocarbonyl (C=S) groups is 1. The van der Waals surface area contributed by atoms with Crippen LogP contribution in [0.3, 0.4) is 0 Å². The van der Waals surface area contributed by atoms with Crippen molar-refractivity contribution < 1.29 is 9.53 Å². The van der Waals surface area contributed by atoms with Crippen LogP contribution in [0.1, 0.15) is 42.3 Å². The summed E-state index contributed by atoms with van der Waals surface area (Å²) in [5.74, 6) is -0.410. The number of hydrogen-bond acceptors (Lipinski definition) is 4. The molecule has 0 unspecified atom stereocenters. The van der Waals surface area contributed by atoms with Gasteiger partial charge in [0.05, 0.1) is 6.61 Å². The van der Waals surface area contributed by atoms with Crippen LogP contribution < -0.4 is 10.6 Å². The zero-order chi connectivity index (χ0) is 22.4. The van der Waals surface area contributed by atoms with Crippen molar-refractivity contribution in [1.82, 2.24) is 0 Å². The standard InChI is InChI=1S/C24H25ClN2O2S2/c1-4-15-10-9-11-16(5-2)21(15)26-24(30)27-22-20(23(28)29-6-3)18(14-31-22)17-12-7-8-13-19(17)25/h7-14H,4-6H2,1-3H3,(H2,26,27,30). The molecule has 2 aromatic carbocycles. The summed E-state index contributed by atoms with van der Waals surface area (Å²) in [7, 11) is 0. The molecule has 0 aliphatic carbocycles. The highest BCUT2D eigenvalue weighted by Gasteiger charge is 2.23. The summed E-state index contributed by atoms with van der Waals surface area (Å²) in [6.45, 7) is 6.30. The van der Waals surface area contributed by atoms with Crippen LogP contribution in [-0.4, -0.2) is 17.7 Å². The number of anilines is 2. The molecule has 0 aliphatic rings. The summed E-state index contributed by atoms with van der Waals surface area (Å²) in [5, 5.41) is 10.1. The number of carbonyl (C=O) groups excluding carboxylic acids is 1. The van der Waals surface area contributed by atoms with E-state index in [-0.39, 0.29) is 6.61 Å². The molecule has 1 heterocycles. The number of esters is 1. The van der Waals surface area contributed by atoms with E-state index in [1.807, 2.05) is 23.6 Å². The molecule has 0 radical (unpaired) electrons. The molecule has 1 aromatic heterocycles. The van der Waals surface area contributed by atoms with Crippen LogP contribution in [-0.2, 0) is 17.6 Å². The molecule has 3 rings (SSSR count). The van der Waals surface area contributed by atoms with Crippen LogP contribution in [0.5, 0.6) is 0 Å². The lowest BCUT2D eigenvalue weighted by Crippen LogP contribution is -2.22. The zero-order valence-corrected chi connectivity index (χ0v) is 20.1. The summed E-state index contributed by atoms with van der Waals surface area (Å²) >= 11 is 13.4. The quantitative estimate of drug-likeness (QED) is 0.281. The predicted molar refractivity (Wildman–Crippen MR) is 136 cm³/mol. The van der Waals surface area contributed by atoms with Gasteiger partial charge >= 0.3 is 5.97 Å². The molecule has 162 valence electrons. The van der Waals surface area contributed by atoms with Crippen molar-refractivity contribution in [2.24, 2.45) is 0 Å². The summed E-state index contributed by atoms with van der Waals surface area (Å²) in [6, 6.07) is 13.7. The molecule has 0 saturated carbocycles. The van der Waals surface area contributed by atoms with Crippen molar-refractivity contribution in [1.29, 1.82) is 0 Å². The second-order valence-electron chi connectivity index (χ2n) is 6.79. The monoisotopic (exact) mass is 472 g/mol. The van der Waals surface area contributed by atoms with Crippen molar-refractivity contribution in [2.75, 3.05) is 17.2 Å². The third-order valence-corrected chi connectivity index (χ3v) is 6.33. The Morgan fingerprint density at radius 3 is 2.29 bits per heavy atom. The van der Waals surface area contributed by atoms with Crippen molar-refractivity contribution in [2.45, 2.75) is 33.6 Å². The van der Waals surface area contributed by atoms with Crippen molar-refractivity contribution >= 4 is 56.9 Å². The number of ether oxygens (including phenoxy) is 1. The predicted octanol–water partition coefficient (Wildman–Crippen LogP) is 7.18. The van der Waals surface area contributed by atoms with E-state index in [2.05, 4.69) is 42.7 Å². The Kier molecular flexibility index (Phi) is 8.07. The van der Waals surface area contributed by atoms with Crippen LogP contribution in [0.15, 0.2) is 47.8 Å². The summed E-state index contributed by atoms with van der Waals surface area (Å²) in [4.78, 5) is 12.8. The smallest absolute Gasteiger partial charge is 0.341 e. The first-order valence-electron chi connectivity index (χ1n) is 10.2. The highest BCUT2D eigenvalue weighted by atomic mass is 35.5. The number of nitrogens with one attached hydrogen (secondary N) is 2. The molecule has 7 heteroatoms. The highest BCUT2D eigenvalue weighted by molar-refractivity contribution is 7.80. The third kappa shape index (κ3) is 5.26. The van der Waals surface area contributed by atoms with E-state index in [9.17, 15) is 4.79 Å². The number of benzene rings is 2. The number of aryl methyl sites for hydroxylation is 2. The molecule has 0 bridgehead atoms. The second kappa shape index (κ2) is 10.8. The average molecular weight is 473 g/mol. The number of carbonyl (C=O) groups is 1. The number of rotatable bonds is 7. The molecule has 0 atom stereocenters. The van der Waals surface area contributed by atoms with E-state index in [4.69, 9.17) is 28.6 Å². The van der Waals surface area contributed by atoms with Crippen LogP contribution >= 0.6 is 35.2 Å². The van der Waals surface area contributed by atoms with E-state index in [0.717, 1.165) is 29.7 Å². The van der Waals surface area contributed by atoms with Crippen LogP contribution in [0.2, 0.25) is 5.02 Å². The molecule has 0 fully saturated rings. The van der Waals surface area contributed by atoms with Crippen molar-refractivity contribution in [3.63, 3.8) is 0 Å². The molecular weight excluding hydrogens is 448 g/mol. The molecule has 4 nitrogen and oxygen atoms in total. The largest absolute Gasteiger partial charge is 0.462 e.